The van der Waals surface area contributed by atoms with Crippen molar-refractivity contribution in [3.05, 3.63) is 0 Å². The number of ether oxygens (including phenoxy) is 1. The van der Waals surface area contributed by atoms with Crippen molar-refractivity contribution in [3.63, 3.8) is 0 Å². The van der Waals surface area contributed by atoms with Crippen LogP contribution in [0.2, 0.25) is 0 Å². The standard InChI is InChI=1S/C12H12N2O9/c15-5-1-2-6(16)13(5)9(11(19)20)23-10(12(21)22)14-7(17)3-4-8(14)18/h9-10H,1-4H2,(H,19,20)(H,21,22). The lowest BCUT2D eigenvalue weighted by Gasteiger charge is -2.29. The van der Waals surface area contributed by atoms with Crippen molar-refractivity contribution >= 4 is 35.6 Å². The summed E-state index contributed by atoms with van der Waals surface area (Å²) in [4.78, 5) is 69.5. The minimum atomic E-state index is -2.24. The summed E-state index contributed by atoms with van der Waals surface area (Å²) in [6.45, 7) is 0. The molecule has 0 radical (unpaired) electrons. The fourth-order valence-electron chi connectivity index (χ4n) is 2.29. The van der Waals surface area contributed by atoms with Crippen LogP contribution in [0.3, 0.4) is 0 Å². The molecule has 0 bridgehead atoms. The Bertz CT molecular complexity index is 530. The number of amides is 4. The van der Waals surface area contributed by atoms with Crippen LogP contribution >= 0.6 is 0 Å². The van der Waals surface area contributed by atoms with Crippen molar-refractivity contribution in [1.82, 2.24) is 9.80 Å². The summed E-state index contributed by atoms with van der Waals surface area (Å²) in [6, 6.07) is 0. The summed E-state index contributed by atoms with van der Waals surface area (Å²) in [5, 5.41) is 18.2. The van der Waals surface area contributed by atoms with E-state index in [1.165, 1.54) is 0 Å². The van der Waals surface area contributed by atoms with Gasteiger partial charge in [-0.1, -0.05) is 0 Å². The van der Waals surface area contributed by atoms with Gasteiger partial charge in [-0.05, 0) is 0 Å². The number of likely N-dealkylation sites (tertiary alicyclic amines) is 2. The van der Waals surface area contributed by atoms with Crippen molar-refractivity contribution in [2.45, 2.75) is 38.1 Å². The number of imide groups is 2. The van der Waals surface area contributed by atoms with E-state index in [1.54, 1.807) is 0 Å². The molecule has 124 valence electrons. The van der Waals surface area contributed by atoms with Gasteiger partial charge in [0.15, 0.2) is 0 Å². The van der Waals surface area contributed by atoms with Crippen LogP contribution in [0.4, 0.5) is 0 Å². The molecule has 2 unspecified atom stereocenters. The quantitative estimate of drug-likeness (QED) is 0.532. The van der Waals surface area contributed by atoms with Crippen molar-refractivity contribution in [3.8, 4) is 0 Å². The topological polar surface area (TPSA) is 159 Å². The number of aliphatic carboxylic acids is 2. The van der Waals surface area contributed by atoms with Gasteiger partial charge in [0.05, 0.1) is 0 Å². The number of hydrogen-bond acceptors (Lipinski definition) is 7. The first kappa shape index (κ1) is 16.5. The second-order valence-electron chi connectivity index (χ2n) is 4.83. The molecule has 2 N–H and O–H groups in total. The zero-order valence-electron chi connectivity index (χ0n) is 11.6. The molecule has 2 aliphatic rings. The normalized spacial score (nSPS) is 21.0. The van der Waals surface area contributed by atoms with Gasteiger partial charge in [-0.15, -0.1) is 0 Å². The maximum absolute atomic E-state index is 11.6. The maximum atomic E-state index is 11.6. The van der Waals surface area contributed by atoms with Crippen LogP contribution in [0.15, 0.2) is 0 Å². The molecule has 2 fully saturated rings. The molecule has 0 aromatic rings. The van der Waals surface area contributed by atoms with Gasteiger partial charge in [0, 0.05) is 25.7 Å². The smallest absolute Gasteiger partial charge is 0.354 e. The fraction of sp³-hybridized carbons (Fsp3) is 0.500. The van der Waals surface area contributed by atoms with Crippen molar-refractivity contribution in [1.29, 1.82) is 0 Å². The van der Waals surface area contributed by atoms with E-state index in [9.17, 15) is 28.8 Å². The molecule has 0 spiro atoms. The van der Waals surface area contributed by atoms with Gasteiger partial charge in [-0.3, -0.25) is 19.2 Å². The number of rotatable bonds is 6. The van der Waals surface area contributed by atoms with Gasteiger partial charge in [0.25, 0.3) is 0 Å². The molecule has 0 saturated carbocycles. The highest BCUT2D eigenvalue weighted by Crippen LogP contribution is 2.22. The summed E-state index contributed by atoms with van der Waals surface area (Å²) in [5.41, 5.74) is 0. The van der Waals surface area contributed by atoms with Crippen LogP contribution < -0.4 is 0 Å². The van der Waals surface area contributed by atoms with E-state index in [4.69, 9.17) is 14.9 Å². The van der Waals surface area contributed by atoms with E-state index in [2.05, 4.69) is 0 Å². The molecule has 2 heterocycles. The zero-order chi connectivity index (χ0) is 17.3. The third-order valence-corrected chi connectivity index (χ3v) is 3.33. The number of nitrogens with zero attached hydrogens (tertiary/aromatic N) is 2. The summed E-state index contributed by atoms with van der Waals surface area (Å²) < 4.78 is 4.79. The number of carbonyl (C=O) groups is 6. The fourth-order valence-corrected chi connectivity index (χ4v) is 2.29. The van der Waals surface area contributed by atoms with Crippen molar-refractivity contribution in [2.24, 2.45) is 0 Å². The first-order valence-electron chi connectivity index (χ1n) is 6.55. The second-order valence-corrected chi connectivity index (χ2v) is 4.83. The van der Waals surface area contributed by atoms with Crippen LogP contribution in [-0.4, -0.2) is 68.0 Å². The van der Waals surface area contributed by atoms with Crippen LogP contribution in [0.5, 0.6) is 0 Å². The Morgan fingerprint density at radius 1 is 0.739 bits per heavy atom. The summed E-state index contributed by atoms with van der Waals surface area (Å²) in [6.07, 6.45) is -5.40. The number of carboxylic acid groups (broad SMARTS) is 2. The van der Waals surface area contributed by atoms with Gasteiger partial charge in [0.2, 0.25) is 36.1 Å². The first-order chi connectivity index (χ1) is 10.7. The third kappa shape index (κ3) is 3.04. The second kappa shape index (κ2) is 6.12. The van der Waals surface area contributed by atoms with Gasteiger partial charge in [-0.2, -0.15) is 0 Å². The van der Waals surface area contributed by atoms with E-state index in [-0.39, 0.29) is 35.5 Å². The lowest BCUT2D eigenvalue weighted by molar-refractivity contribution is -0.202. The highest BCUT2D eigenvalue weighted by molar-refractivity contribution is 6.05. The first-order valence-corrected chi connectivity index (χ1v) is 6.55. The van der Waals surface area contributed by atoms with E-state index < -0.39 is 48.0 Å². The molecule has 0 aromatic carbocycles. The molecule has 11 heteroatoms. The molecule has 2 rings (SSSR count). The summed E-state index contributed by atoms with van der Waals surface area (Å²) in [7, 11) is 0. The highest BCUT2D eigenvalue weighted by atomic mass is 16.6. The number of carboxylic acids is 2. The molecule has 0 aromatic heterocycles. The maximum Gasteiger partial charge on any atom is 0.354 e. The van der Waals surface area contributed by atoms with Gasteiger partial charge >= 0.3 is 11.9 Å². The highest BCUT2D eigenvalue weighted by Gasteiger charge is 2.46. The van der Waals surface area contributed by atoms with E-state index in [0.717, 1.165) is 0 Å². The predicted molar refractivity (Wildman–Crippen MR) is 66.1 cm³/mol. The van der Waals surface area contributed by atoms with E-state index in [1.807, 2.05) is 0 Å². The minimum absolute atomic E-state index is 0.231. The average Bonchev–Trinajstić information content (AvgIpc) is 2.95. The predicted octanol–water partition coefficient (Wildman–Crippen LogP) is -1.88. The molecule has 11 nitrogen and oxygen atoms in total. The lowest BCUT2D eigenvalue weighted by atomic mass is 10.4. The lowest BCUT2D eigenvalue weighted by Crippen LogP contribution is -2.54. The Kier molecular flexibility index (Phi) is 4.40. The molecule has 2 saturated heterocycles. The molecule has 4 amide bonds. The monoisotopic (exact) mass is 328 g/mol. The van der Waals surface area contributed by atoms with Crippen LogP contribution in [0.1, 0.15) is 25.7 Å². The Balaban J connectivity index is 2.29. The molecule has 2 aliphatic heterocycles. The van der Waals surface area contributed by atoms with Crippen LogP contribution in [0, 0.1) is 0 Å². The Hall–Kier alpha value is -2.82. The van der Waals surface area contributed by atoms with Crippen molar-refractivity contribution in [2.75, 3.05) is 0 Å². The Morgan fingerprint density at radius 2 is 1.00 bits per heavy atom. The molecular weight excluding hydrogens is 316 g/mol. The van der Waals surface area contributed by atoms with Gasteiger partial charge < -0.3 is 14.9 Å². The summed E-state index contributed by atoms with van der Waals surface area (Å²) >= 11 is 0. The summed E-state index contributed by atoms with van der Waals surface area (Å²) in [5.74, 6) is -6.95. The molecular formula is C12H12N2O9. The van der Waals surface area contributed by atoms with Crippen LogP contribution in [-0.2, 0) is 33.5 Å². The minimum Gasteiger partial charge on any atom is -0.478 e. The van der Waals surface area contributed by atoms with Crippen molar-refractivity contribution < 1.29 is 43.7 Å². The van der Waals surface area contributed by atoms with Crippen LogP contribution in [0.25, 0.3) is 0 Å². The number of hydrogen-bond donors (Lipinski definition) is 2. The third-order valence-electron chi connectivity index (χ3n) is 3.33. The van der Waals surface area contributed by atoms with E-state index >= 15 is 0 Å². The van der Waals surface area contributed by atoms with E-state index in [0.29, 0.717) is 0 Å². The SMILES string of the molecule is O=C(O)C(OC(C(=O)O)N1C(=O)CCC1=O)N1C(=O)CCC1=O. The van der Waals surface area contributed by atoms with Gasteiger partial charge in [0.1, 0.15) is 0 Å². The Morgan fingerprint density at radius 3 is 1.22 bits per heavy atom. The Labute approximate surface area is 128 Å². The number of carbonyl (C=O) groups excluding carboxylic acids is 4. The molecule has 0 aliphatic carbocycles. The zero-order valence-corrected chi connectivity index (χ0v) is 11.6. The molecule has 23 heavy (non-hydrogen) atoms. The van der Waals surface area contributed by atoms with Gasteiger partial charge in [-0.25, -0.2) is 19.4 Å². The largest absolute Gasteiger partial charge is 0.478 e. The average molecular weight is 328 g/mol. The molecule has 2 atom stereocenters.